The summed E-state index contributed by atoms with van der Waals surface area (Å²) in [7, 11) is 0. The first-order valence-corrected chi connectivity index (χ1v) is 9.48. The van der Waals surface area contributed by atoms with E-state index in [4.69, 9.17) is 0 Å². The second kappa shape index (κ2) is 7.97. The van der Waals surface area contributed by atoms with Crippen LogP contribution in [0.3, 0.4) is 0 Å². The van der Waals surface area contributed by atoms with Crippen LogP contribution in [0.5, 0.6) is 0 Å². The standard InChI is InChI=1S/C19H36O2/c1-3-5-14-19(4-2,15-6-10-17(20)11-7-15)16-8-12-18(21)13-9-16/h15-18,20-21H,3-14H2,1-2H3. The third-order valence-corrected chi connectivity index (χ3v) is 6.67. The Hall–Kier alpha value is -0.0800. The first-order chi connectivity index (χ1) is 10.1. The maximum Gasteiger partial charge on any atom is 0.0540 e. The summed E-state index contributed by atoms with van der Waals surface area (Å²) in [5.74, 6) is 1.61. The van der Waals surface area contributed by atoms with Gasteiger partial charge >= 0.3 is 0 Å². The maximum atomic E-state index is 9.85. The van der Waals surface area contributed by atoms with Crippen LogP contribution in [0.4, 0.5) is 0 Å². The van der Waals surface area contributed by atoms with Crippen LogP contribution in [0, 0.1) is 17.3 Å². The molecule has 2 rings (SSSR count). The number of unbranched alkanes of at least 4 members (excludes halogenated alkanes) is 1. The molecule has 2 aliphatic rings. The number of rotatable bonds is 6. The predicted octanol–water partition coefficient (Wildman–Crippen LogP) is 4.68. The fraction of sp³-hybridized carbons (Fsp3) is 1.00. The fourth-order valence-corrected chi connectivity index (χ4v) is 5.30. The van der Waals surface area contributed by atoms with E-state index in [1.165, 1.54) is 51.4 Å². The van der Waals surface area contributed by atoms with Gasteiger partial charge < -0.3 is 10.2 Å². The van der Waals surface area contributed by atoms with Crippen molar-refractivity contribution in [2.45, 2.75) is 103 Å². The van der Waals surface area contributed by atoms with E-state index in [9.17, 15) is 10.2 Å². The minimum atomic E-state index is -0.0461. The summed E-state index contributed by atoms with van der Waals surface area (Å²) >= 11 is 0. The number of aliphatic hydroxyl groups is 2. The Morgan fingerprint density at radius 3 is 1.52 bits per heavy atom. The summed E-state index contributed by atoms with van der Waals surface area (Å²) in [4.78, 5) is 0. The molecular weight excluding hydrogens is 260 g/mol. The van der Waals surface area contributed by atoms with Gasteiger partial charge in [-0.1, -0.05) is 26.7 Å². The highest BCUT2D eigenvalue weighted by Gasteiger charge is 2.44. The van der Waals surface area contributed by atoms with Gasteiger partial charge in [0.2, 0.25) is 0 Å². The van der Waals surface area contributed by atoms with Gasteiger partial charge in [0.1, 0.15) is 0 Å². The van der Waals surface area contributed by atoms with E-state index >= 15 is 0 Å². The lowest BCUT2D eigenvalue weighted by molar-refractivity contribution is -0.0303. The zero-order valence-corrected chi connectivity index (χ0v) is 14.2. The normalized spacial score (nSPS) is 37.1. The molecule has 0 aromatic rings. The largest absolute Gasteiger partial charge is 0.393 e. The van der Waals surface area contributed by atoms with Crippen LogP contribution < -0.4 is 0 Å². The van der Waals surface area contributed by atoms with Gasteiger partial charge in [0.25, 0.3) is 0 Å². The SMILES string of the molecule is CCCCC(CC)(C1CCC(O)CC1)C1CCC(O)CC1. The average Bonchev–Trinajstić information content (AvgIpc) is 2.51. The Labute approximate surface area is 131 Å². The van der Waals surface area contributed by atoms with Crippen molar-refractivity contribution in [2.75, 3.05) is 0 Å². The first kappa shape index (κ1) is 17.3. The van der Waals surface area contributed by atoms with Crippen molar-refractivity contribution in [3.05, 3.63) is 0 Å². The van der Waals surface area contributed by atoms with E-state index in [-0.39, 0.29) is 12.2 Å². The minimum Gasteiger partial charge on any atom is -0.393 e. The molecule has 2 aliphatic carbocycles. The molecule has 0 aromatic heterocycles. The molecule has 0 heterocycles. The third kappa shape index (κ3) is 4.01. The van der Waals surface area contributed by atoms with Gasteiger partial charge in [-0.3, -0.25) is 0 Å². The summed E-state index contributed by atoms with van der Waals surface area (Å²) in [6.45, 7) is 4.70. The highest BCUT2D eigenvalue weighted by Crippen LogP contribution is 2.53. The molecule has 2 N–H and O–H groups in total. The number of hydrogen-bond donors (Lipinski definition) is 2. The van der Waals surface area contributed by atoms with Gasteiger partial charge in [-0.25, -0.2) is 0 Å². The van der Waals surface area contributed by atoms with Crippen molar-refractivity contribution in [1.29, 1.82) is 0 Å². The van der Waals surface area contributed by atoms with Crippen molar-refractivity contribution in [3.63, 3.8) is 0 Å². The average molecular weight is 296 g/mol. The van der Waals surface area contributed by atoms with Gasteiger partial charge in [0.15, 0.2) is 0 Å². The van der Waals surface area contributed by atoms with Crippen LogP contribution in [0.1, 0.15) is 90.9 Å². The molecule has 0 atom stereocenters. The van der Waals surface area contributed by atoms with Gasteiger partial charge in [0.05, 0.1) is 12.2 Å². The monoisotopic (exact) mass is 296 g/mol. The van der Waals surface area contributed by atoms with E-state index in [1.807, 2.05) is 0 Å². The van der Waals surface area contributed by atoms with Gasteiger partial charge in [-0.2, -0.15) is 0 Å². The lowest BCUT2D eigenvalue weighted by atomic mass is 9.55. The van der Waals surface area contributed by atoms with E-state index in [2.05, 4.69) is 13.8 Å². The lowest BCUT2D eigenvalue weighted by Gasteiger charge is -2.50. The van der Waals surface area contributed by atoms with E-state index in [0.29, 0.717) is 5.41 Å². The highest BCUT2D eigenvalue weighted by atomic mass is 16.3. The van der Waals surface area contributed by atoms with Gasteiger partial charge in [-0.05, 0) is 81.5 Å². The third-order valence-electron chi connectivity index (χ3n) is 6.67. The van der Waals surface area contributed by atoms with Crippen molar-refractivity contribution in [3.8, 4) is 0 Å². The van der Waals surface area contributed by atoms with Gasteiger partial charge in [0, 0.05) is 0 Å². The molecular formula is C19H36O2. The Morgan fingerprint density at radius 2 is 1.19 bits per heavy atom. The van der Waals surface area contributed by atoms with E-state index in [1.54, 1.807) is 0 Å². The summed E-state index contributed by atoms with van der Waals surface area (Å²) in [6, 6.07) is 0. The number of hydrogen-bond acceptors (Lipinski definition) is 2. The molecule has 0 amide bonds. The van der Waals surface area contributed by atoms with Gasteiger partial charge in [-0.15, -0.1) is 0 Å². The van der Waals surface area contributed by atoms with Crippen LogP contribution in [0.25, 0.3) is 0 Å². The smallest absolute Gasteiger partial charge is 0.0540 e. The molecule has 124 valence electrons. The molecule has 0 aromatic carbocycles. The van der Waals surface area contributed by atoms with Crippen molar-refractivity contribution in [1.82, 2.24) is 0 Å². The molecule has 2 heteroatoms. The maximum absolute atomic E-state index is 9.85. The van der Waals surface area contributed by atoms with Crippen LogP contribution in [-0.4, -0.2) is 22.4 Å². The van der Waals surface area contributed by atoms with Crippen LogP contribution in [0.2, 0.25) is 0 Å². The molecule has 21 heavy (non-hydrogen) atoms. The summed E-state index contributed by atoms with van der Waals surface area (Å²) < 4.78 is 0. The Bertz CT molecular complexity index is 264. The van der Waals surface area contributed by atoms with Crippen molar-refractivity contribution < 1.29 is 10.2 Å². The van der Waals surface area contributed by atoms with Crippen LogP contribution in [-0.2, 0) is 0 Å². The van der Waals surface area contributed by atoms with E-state index in [0.717, 1.165) is 37.5 Å². The molecule has 2 fully saturated rings. The van der Waals surface area contributed by atoms with Crippen molar-refractivity contribution >= 4 is 0 Å². The molecule has 2 saturated carbocycles. The molecule has 0 saturated heterocycles. The molecule has 2 nitrogen and oxygen atoms in total. The molecule has 0 bridgehead atoms. The Kier molecular flexibility index (Phi) is 6.55. The summed E-state index contributed by atoms with van der Waals surface area (Å²) in [6.07, 6.45) is 14.1. The number of aliphatic hydroxyl groups excluding tert-OH is 2. The summed E-state index contributed by atoms with van der Waals surface area (Å²) in [5.41, 5.74) is 0.482. The van der Waals surface area contributed by atoms with Crippen LogP contribution in [0.15, 0.2) is 0 Å². The van der Waals surface area contributed by atoms with E-state index < -0.39 is 0 Å². The quantitative estimate of drug-likeness (QED) is 0.747. The lowest BCUT2D eigenvalue weighted by Crippen LogP contribution is -2.42. The van der Waals surface area contributed by atoms with Crippen molar-refractivity contribution in [2.24, 2.45) is 17.3 Å². The highest BCUT2D eigenvalue weighted by molar-refractivity contribution is 4.95. The summed E-state index contributed by atoms with van der Waals surface area (Å²) in [5, 5.41) is 19.7. The fourth-order valence-electron chi connectivity index (χ4n) is 5.30. The first-order valence-electron chi connectivity index (χ1n) is 9.48. The second-order valence-electron chi connectivity index (χ2n) is 7.70. The molecule has 0 aliphatic heterocycles. The Balaban J connectivity index is 2.12. The molecule has 0 spiro atoms. The topological polar surface area (TPSA) is 40.5 Å². The second-order valence-corrected chi connectivity index (χ2v) is 7.70. The zero-order valence-electron chi connectivity index (χ0n) is 14.2. The Morgan fingerprint density at radius 1 is 0.762 bits per heavy atom. The predicted molar refractivity (Wildman–Crippen MR) is 88.2 cm³/mol. The van der Waals surface area contributed by atoms with Crippen LogP contribution >= 0.6 is 0 Å². The minimum absolute atomic E-state index is 0.0461. The molecule has 0 unspecified atom stereocenters. The zero-order chi connectivity index (χ0) is 15.3. The molecule has 0 radical (unpaired) electrons.